The summed E-state index contributed by atoms with van der Waals surface area (Å²) in [6.07, 6.45) is 4.99. The molecule has 0 spiro atoms. The standard InChI is InChI=1S/C22H25N5O2/c28-21-14-18(24-20-11-5-7-13-27(20)21)16-26-12-6-4-10-19(26)15-23-22(29)25-17-8-2-1-3-9-17/h1-3,5,7-9,11,13-14,19H,4,6,10,12,15-16H2,(H2,23,25,29). The number of para-hydroxylation sites is 1. The van der Waals surface area contributed by atoms with Gasteiger partial charge in [0.2, 0.25) is 0 Å². The summed E-state index contributed by atoms with van der Waals surface area (Å²) in [4.78, 5) is 31.5. The van der Waals surface area contributed by atoms with E-state index in [0.29, 0.717) is 18.7 Å². The highest BCUT2D eigenvalue weighted by Crippen LogP contribution is 2.18. The fraction of sp³-hybridized carbons (Fsp3) is 0.318. The van der Waals surface area contributed by atoms with Gasteiger partial charge in [0.25, 0.3) is 5.56 Å². The molecule has 150 valence electrons. The van der Waals surface area contributed by atoms with Gasteiger partial charge in [-0.1, -0.05) is 30.7 Å². The average Bonchev–Trinajstić information content (AvgIpc) is 2.74. The zero-order valence-electron chi connectivity index (χ0n) is 16.3. The minimum atomic E-state index is -0.205. The lowest BCUT2D eigenvalue weighted by Crippen LogP contribution is -2.47. The number of anilines is 1. The molecule has 2 amide bonds. The summed E-state index contributed by atoms with van der Waals surface area (Å²) in [5.74, 6) is 0. The van der Waals surface area contributed by atoms with Crippen molar-refractivity contribution >= 4 is 17.4 Å². The summed E-state index contributed by atoms with van der Waals surface area (Å²) in [5.41, 5.74) is 2.12. The van der Waals surface area contributed by atoms with Gasteiger partial charge in [-0.25, -0.2) is 9.78 Å². The van der Waals surface area contributed by atoms with E-state index in [-0.39, 0.29) is 17.6 Å². The number of rotatable bonds is 5. The lowest BCUT2D eigenvalue weighted by Gasteiger charge is -2.35. The Balaban J connectivity index is 1.40. The van der Waals surface area contributed by atoms with Crippen LogP contribution in [0.4, 0.5) is 10.5 Å². The van der Waals surface area contributed by atoms with E-state index in [1.54, 1.807) is 16.7 Å². The number of pyridine rings is 1. The van der Waals surface area contributed by atoms with Gasteiger partial charge < -0.3 is 10.6 Å². The number of hydrogen-bond acceptors (Lipinski definition) is 4. The van der Waals surface area contributed by atoms with Crippen molar-refractivity contribution in [2.75, 3.05) is 18.4 Å². The smallest absolute Gasteiger partial charge is 0.319 e. The number of nitrogens with one attached hydrogen (secondary N) is 2. The molecular weight excluding hydrogens is 366 g/mol. The van der Waals surface area contributed by atoms with E-state index in [4.69, 9.17) is 0 Å². The molecule has 1 saturated heterocycles. The van der Waals surface area contributed by atoms with Gasteiger partial charge in [0, 0.05) is 37.1 Å². The predicted molar refractivity (Wildman–Crippen MR) is 113 cm³/mol. The van der Waals surface area contributed by atoms with Crippen molar-refractivity contribution in [1.82, 2.24) is 19.6 Å². The Morgan fingerprint density at radius 3 is 2.79 bits per heavy atom. The van der Waals surface area contributed by atoms with Crippen LogP contribution in [0.2, 0.25) is 0 Å². The van der Waals surface area contributed by atoms with Crippen LogP contribution in [0.25, 0.3) is 5.65 Å². The average molecular weight is 391 g/mol. The first-order valence-corrected chi connectivity index (χ1v) is 10.0. The molecule has 1 atom stereocenters. The van der Waals surface area contributed by atoms with E-state index in [1.807, 2.05) is 48.5 Å². The number of aromatic nitrogens is 2. The maximum atomic E-state index is 12.4. The Morgan fingerprint density at radius 1 is 1.10 bits per heavy atom. The Morgan fingerprint density at radius 2 is 1.93 bits per heavy atom. The van der Waals surface area contributed by atoms with Gasteiger partial charge >= 0.3 is 6.03 Å². The molecule has 0 aliphatic carbocycles. The molecule has 1 aromatic carbocycles. The number of urea groups is 1. The van der Waals surface area contributed by atoms with Gasteiger partial charge in [-0.15, -0.1) is 0 Å². The van der Waals surface area contributed by atoms with Crippen molar-refractivity contribution in [3.05, 3.63) is 76.8 Å². The summed E-state index contributed by atoms with van der Waals surface area (Å²) in [5, 5.41) is 5.83. The first-order chi connectivity index (χ1) is 14.2. The number of carbonyl (C=O) groups excluding carboxylic acids is 1. The van der Waals surface area contributed by atoms with Crippen LogP contribution in [0.3, 0.4) is 0 Å². The second-order valence-electron chi connectivity index (χ2n) is 7.34. The SMILES string of the molecule is O=C(NCC1CCCCN1Cc1cc(=O)n2ccccc2n1)Nc1ccccc1. The molecule has 2 aromatic heterocycles. The topological polar surface area (TPSA) is 78.7 Å². The van der Waals surface area contributed by atoms with Crippen molar-refractivity contribution in [1.29, 1.82) is 0 Å². The maximum Gasteiger partial charge on any atom is 0.319 e. The third-order valence-corrected chi connectivity index (χ3v) is 5.27. The third-order valence-electron chi connectivity index (χ3n) is 5.27. The molecule has 0 bridgehead atoms. The molecule has 29 heavy (non-hydrogen) atoms. The van der Waals surface area contributed by atoms with Gasteiger partial charge in [0.15, 0.2) is 0 Å². The van der Waals surface area contributed by atoms with E-state index in [1.165, 1.54) is 0 Å². The van der Waals surface area contributed by atoms with Crippen molar-refractivity contribution < 1.29 is 4.79 Å². The predicted octanol–water partition coefficient (Wildman–Crippen LogP) is 2.87. The van der Waals surface area contributed by atoms with E-state index in [9.17, 15) is 9.59 Å². The van der Waals surface area contributed by atoms with Crippen molar-refractivity contribution in [3.63, 3.8) is 0 Å². The quantitative estimate of drug-likeness (QED) is 0.701. The number of benzene rings is 1. The van der Waals surface area contributed by atoms with Crippen LogP contribution >= 0.6 is 0 Å². The van der Waals surface area contributed by atoms with Crippen LogP contribution in [0.15, 0.2) is 65.6 Å². The minimum Gasteiger partial charge on any atom is -0.336 e. The minimum absolute atomic E-state index is 0.0699. The number of likely N-dealkylation sites (tertiary alicyclic amines) is 1. The highest BCUT2D eigenvalue weighted by atomic mass is 16.2. The van der Waals surface area contributed by atoms with E-state index >= 15 is 0 Å². The monoisotopic (exact) mass is 391 g/mol. The summed E-state index contributed by atoms with van der Waals surface area (Å²) in [7, 11) is 0. The van der Waals surface area contributed by atoms with Gasteiger partial charge in [0.1, 0.15) is 5.65 Å². The number of amides is 2. The molecule has 1 aliphatic heterocycles. The molecule has 1 unspecified atom stereocenters. The van der Waals surface area contributed by atoms with Crippen LogP contribution in [0.1, 0.15) is 25.0 Å². The molecule has 1 fully saturated rings. The molecular formula is C22H25N5O2. The van der Waals surface area contributed by atoms with Crippen LogP contribution in [-0.2, 0) is 6.54 Å². The van der Waals surface area contributed by atoms with Crippen LogP contribution in [0.5, 0.6) is 0 Å². The molecule has 4 rings (SSSR count). The maximum absolute atomic E-state index is 12.4. The van der Waals surface area contributed by atoms with Gasteiger partial charge in [0.05, 0.1) is 5.69 Å². The molecule has 7 heteroatoms. The zero-order chi connectivity index (χ0) is 20.1. The van der Waals surface area contributed by atoms with Gasteiger partial charge in [-0.2, -0.15) is 0 Å². The fourth-order valence-corrected chi connectivity index (χ4v) is 3.80. The number of hydrogen-bond donors (Lipinski definition) is 2. The number of fused-ring (bicyclic) bond motifs is 1. The largest absolute Gasteiger partial charge is 0.336 e. The van der Waals surface area contributed by atoms with Crippen molar-refractivity contribution in [2.24, 2.45) is 0 Å². The normalized spacial score (nSPS) is 17.2. The summed E-state index contributed by atoms with van der Waals surface area (Å²) >= 11 is 0. The summed E-state index contributed by atoms with van der Waals surface area (Å²) < 4.78 is 1.55. The Labute approximate surface area is 169 Å². The fourth-order valence-electron chi connectivity index (χ4n) is 3.80. The third kappa shape index (κ3) is 4.81. The Bertz CT molecular complexity index is 1030. The highest BCUT2D eigenvalue weighted by Gasteiger charge is 2.23. The van der Waals surface area contributed by atoms with Crippen molar-refractivity contribution in [3.8, 4) is 0 Å². The summed E-state index contributed by atoms with van der Waals surface area (Å²) in [6, 6.07) is 16.6. The number of piperidine rings is 1. The highest BCUT2D eigenvalue weighted by molar-refractivity contribution is 5.89. The lowest BCUT2D eigenvalue weighted by molar-refractivity contribution is 0.137. The number of nitrogens with zero attached hydrogens (tertiary/aromatic N) is 3. The van der Waals surface area contributed by atoms with Crippen molar-refractivity contribution in [2.45, 2.75) is 31.8 Å². The molecule has 1 aliphatic rings. The Kier molecular flexibility index (Phi) is 5.86. The molecule has 3 aromatic rings. The lowest BCUT2D eigenvalue weighted by atomic mass is 10.0. The second-order valence-corrected chi connectivity index (χ2v) is 7.34. The second kappa shape index (κ2) is 8.87. The first kappa shape index (κ1) is 19.1. The van der Waals surface area contributed by atoms with E-state index in [2.05, 4.69) is 20.5 Å². The molecule has 0 saturated carbocycles. The Hall–Kier alpha value is -3.19. The van der Waals surface area contributed by atoms with Crippen LogP contribution in [0, 0.1) is 0 Å². The molecule has 3 heterocycles. The molecule has 0 radical (unpaired) electrons. The number of carbonyl (C=O) groups is 1. The molecule has 7 nitrogen and oxygen atoms in total. The van der Waals surface area contributed by atoms with Crippen LogP contribution in [-0.4, -0.2) is 39.4 Å². The van der Waals surface area contributed by atoms with Gasteiger partial charge in [-0.3, -0.25) is 14.1 Å². The summed E-state index contributed by atoms with van der Waals surface area (Å²) in [6.45, 7) is 2.10. The molecule has 2 N–H and O–H groups in total. The van der Waals surface area contributed by atoms with E-state index in [0.717, 1.165) is 37.2 Å². The first-order valence-electron chi connectivity index (χ1n) is 10.0. The zero-order valence-corrected chi connectivity index (χ0v) is 16.3. The van der Waals surface area contributed by atoms with Crippen LogP contribution < -0.4 is 16.2 Å². The van der Waals surface area contributed by atoms with Gasteiger partial charge in [-0.05, 0) is 43.7 Å². The van der Waals surface area contributed by atoms with E-state index < -0.39 is 0 Å².